The molecule has 4 aromatic carbocycles. The third kappa shape index (κ3) is 10.9. The largest absolute Gasteiger partial charge is 1.00 e. The zero-order chi connectivity index (χ0) is 51.3. The molecular formula is C62H76ClF2N7NaO2-. The maximum absolute atomic E-state index is 15.8. The Balaban J connectivity index is 0.000000200. The predicted octanol–water partition coefficient (Wildman–Crippen LogP) is 10.1. The Kier molecular flexibility index (Phi) is 17.5. The Morgan fingerprint density at radius 2 is 1.65 bits per heavy atom. The first kappa shape index (κ1) is 56.7. The number of rotatable bonds is 10. The molecular weight excluding hydrogens is 971 g/mol. The number of hydrogen-bond acceptors (Lipinski definition) is 6. The second kappa shape index (κ2) is 23.2. The molecule has 2 amide bonds. The van der Waals surface area contributed by atoms with Gasteiger partial charge in [-0.15, -0.1) is 0 Å². The maximum atomic E-state index is 15.8. The molecule has 6 aliphatic rings. The third-order valence-electron chi connectivity index (χ3n) is 18.3. The van der Waals surface area contributed by atoms with E-state index in [0.717, 1.165) is 51.8 Å². The van der Waals surface area contributed by atoms with Crippen LogP contribution in [0.1, 0.15) is 148 Å². The van der Waals surface area contributed by atoms with Gasteiger partial charge in [0.25, 0.3) is 0 Å². The monoisotopic (exact) mass is 1050 g/mol. The van der Waals surface area contributed by atoms with Gasteiger partial charge < -0.3 is 39.6 Å². The number of anilines is 1. The summed E-state index contributed by atoms with van der Waals surface area (Å²) >= 11 is 6.50. The van der Waals surface area contributed by atoms with Crippen LogP contribution in [0.5, 0.6) is 0 Å². The van der Waals surface area contributed by atoms with Crippen molar-refractivity contribution >= 4 is 40.1 Å². The van der Waals surface area contributed by atoms with E-state index < -0.39 is 17.5 Å². The van der Waals surface area contributed by atoms with E-state index in [1.165, 1.54) is 114 Å². The van der Waals surface area contributed by atoms with E-state index in [2.05, 4.69) is 72.0 Å². The van der Waals surface area contributed by atoms with Crippen LogP contribution < -0.4 is 45.5 Å². The normalized spacial score (nSPS) is 22.1. The van der Waals surface area contributed by atoms with E-state index >= 15 is 8.78 Å². The van der Waals surface area contributed by atoms with Gasteiger partial charge in [-0.25, -0.2) is 8.78 Å². The zero-order valence-electron chi connectivity index (χ0n) is 45.4. The van der Waals surface area contributed by atoms with Crippen LogP contribution >= 0.6 is 11.6 Å². The number of piperidine rings is 2. The predicted molar refractivity (Wildman–Crippen MR) is 297 cm³/mol. The molecule has 1 aromatic heterocycles. The number of nitrogens with two attached hydrogens (primary N) is 1. The van der Waals surface area contributed by atoms with E-state index in [-0.39, 0.29) is 75.9 Å². The van der Waals surface area contributed by atoms with Crippen LogP contribution in [-0.4, -0.2) is 70.2 Å². The second-order valence-corrected chi connectivity index (χ2v) is 22.9. The fraction of sp³-hybridized carbons (Fsp3) is 0.468. The van der Waals surface area contributed by atoms with Gasteiger partial charge >= 0.3 is 29.6 Å². The number of nitrogens with one attached hydrogen (secondary N) is 1. The smallest absolute Gasteiger partial charge is 0.375 e. The van der Waals surface area contributed by atoms with Gasteiger partial charge in [0.05, 0.1) is 10.5 Å². The van der Waals surface area contributed by atoms with Crippen LogP contribution in [0.3, 0.4) is 0 Å². The number of amides is 2. The molecule has 5 aromatic rings. The molecule has 13 heteroatoms. The fourth-order valence-electron chi connectivity index (χ4n) is 13.7. The van der Waals surface area contributed by atoms with Gasteiger partial charge in [0.15, 0.2) is 5.82 Å². The first-order valence-electron chi connectivity index (χ1n) is 27.0. The van der Waals surface area contributed by atoms with Crippen LogP contribution in [0.4, 0.5) is 14.6 Å². The van der Waals surface area contributed by atoms with E-state index in [1.54, 1.807) is 6.07 Å². The number of nitrogens with zero attached hydrogens (tertiary/aromatic N) is 5. The number of aryl methyl sites for hydroxylation is 2. The number of hydrogen-bond donors (Lipinski definition) is 2. The Hall–Kier alpha value is -4.52. The molecule has 3 N–H and O–H groups in total. The van der Waals surface area contributed by atoms with Gasteiger partial charge in [-0.1, -0.05) is 107 Å². The number of halogens is 3. The van der Waals surface area contributed by atoms with Crippen molar-refractivity contribution in [3.8, 4) is 11.1 Å². The summed E-state index contributed by atoms with van der Waals surface area (Å²) in [5, 5.41) is 8.62. The van der Waals surface area contributed by atoms with Gasteiger partial charge in [-0.2, -0.15) is 17.9 Å². The van der Waals surface area contributed by atoms with E-state index in [0.29, 0.717) is 48.5 Å². The summed E-state index contributed by atoms with van der Waals surface area (Å²) in [4.78, 5) is 31.5. The van der Waals surface area contributed by atoms with Gasteiger partial charge in [-0.05, 0) is 140 Å². The number of aromatic nitrogens is 2. The molecule has 3 saturated heterocycles. The molecule has 3 aliphatic heterocycles. The average Bonchev–Trinajstić information content (AvgIpc) is 3.85. The van der Waals surface area contributed by atoms with E-state index in [9.17, 15) is 9.59 Å². The van der Waals surface area contributed by atoms with Gasteiger partial charge in [-0.3, -0.25) is 14.3 Å². The molecule has 2 atom stereocenters. The molecule has 0 bridgehead atoms. The Labute approximate surface area is 472 Å². The van der Waals surface area contributed by atoms with Crippen molar-refractivity contribution in [3.05, 3.63) is 155 Å². The van der Waals surface area contributed by atoms with Crippen LogP contribution in [0.2, 0.25) is 5.02 Å². The number of primary amides is 1. The zero-order valence-corrected chi connectivity index (χ0v) is 48.1. The quantitative estimate of drug-likeness (QED) is 0.107. The standard InChI is InChI=1S/C34H47N6O.C27H26ClF2NO.CH3.Na/c1-24(26-7-5-4-6-8-26)38-19-14-34(15-20-38)22-29(23-34)39-16-11-27(12-17-39)28-9-10-30-31(21-28)37(3)36-33(30)40-18-13-32(41)35-25(40)2;1-4-8-16-11-12-19(26(31)32)22(25(16)30)23-21-15(2)27(3,18-9-6-5-7-10-18)14-17(21)13-20(29)24(23)28;;/h4,9-10,21,26-27,29H,1-2,5-8,11-20,22-23H2,3H3,(H,35,41);5-7,9-13,15H,4,8,14H2,1-3H3,(H2,31,32);1H3;/q-1;;-1;+1. The SMILES string of the molecule is C=C(C1CC[CH-]CC1)N1CCC2(CC1)CC(N1CCC(c3ccc4c(N5CCC(=O)NC5=C)nn(C)c4c3)CC1)C2.CCCc1ccc(C(N)=O)c(-c2c(Cl)c(F)cc3c2C(C)C(C)(c2ccccc2)C3)c1F.[CH3-].[Na+]. The summed E-state index contributed by atoms with van der Waals surface area (Å²) < 4.78 is 32.8. The van der Waals surface area contributed by atoms with Gasteiger partial charge in [0.2, 0.25) is 11.8 Å². The minimum Gasteiger partial charge on any atom is -0.375 e. The van der Waals surface area contributed by atoms with E-state index in [4.69, 9.17) is 22.4 Å². The van der Waals surface area contributed by atoms with Crippen molar-refractivity contribution < 1.29 is 47.9 Å². The summed E-state index contributed by atoms with van der Waals surface area (Å²) in [5.74, 6) is 0.815. The number of benzene rings is 4. The summed E-state index contributed by atoms with van der Waals surface area (Å²) in [6.07, 6.45) is 17.9. The number of likely N-dealkylation sites (tertiary alicyclic amines) is 2. The van der Waals surface area contributed by atoms with E-state index in [1.807, 2.05) is 48.7 Å². The Bertz CT molecular complexity index is 2930. The van der Waals surface area contributed by atoms with Crippen molar-refractivity contribution in [2.24, 2.45) is 24.1 Å². The first-order valence-corrected chi connectivity index (χ1v) is 27.4. The molecule has 4 heterocycles. The van der Waals surface area contributed by atoms with Crippen molar-refractivity contribution in [1.29, 1.82) is 0 Å². The van der Waals surface area contributed by atoms with Crippen molar-refractivity contribution in [3.63, 3.8) is 0 Å². The van der Waals surface area contributed by atoms with Crippen molar-refractivity contribution in [2.75, 3.05) is 37.6 Å². The van der Waals surface area contributed by atoms with Gasteiger partial charge in [0, 0.05) is 72.3 Å². The molecule has 2 saturated carbocycles. The maximum Gasteiger partial charge on any atom is 1.00 e. The molecule has 394 valence electrons. The molecule has 11 rings (SSSR count). The minimum absolute atomic E-state index is 0. The van der Waals surface area contributed by atoms with Gasteiger partial charge in [0.1, 0.15) is 17.5 Å². The van der Waals surface area contributed by atoms with Crippen molar-refractivity contribution in [2.45, 2.75) is 134 Å². The molecule has 2 unspecified atom stereocenters. The molecule has 9 nitrogen and oxygen atoms in total. The first-order chi connectivity index (χ1) is 35.1. The Morgan fingerprint density at radius 1 is 0.960 bits per heavy atom. The summed E-state index contributed by atoms with van der Waals surface area (Å²) in [7, 11) is 2.02. The van der Waals surface area contributed by atoms with Crippen LogP contribution in [-0.2, 0) is 30.1 Å². The number of carbonyl (C=O) groups is 2. The molecule has 75 heavy (non-hydrogen) atoms. The molecule has 1 spiro atoms. The van der Waals surface area contributed by atoms with Crippen LogP contribution in [0.25, 0.3) is 22.0 Å². The number of fused-ring (bicyclic) bond motifs is 2. The Morgan fingerprint density at radius 3 is 2.31 bits per heavy atom. The minimum atomic E-state index is -0.771. The summed E-state index contributed by atoms with van der Waals surface area (Å²) in [6, 6.07) is 22.2. The molecule has 3 aliphatic carbocycles. The average molecular weight is 1050 g/mol. The van der Waals surface area contributed by atoms with Crippen LogP contribution in [0, 0.1) is 36.8 Å². The fourth-order valence-corrected chi connectivity index (χ4v) is 14.0. The summed E-state index contributed by atoms with van der Waals surface area (Å²) in [5.41, 5.74) is 13.3. The topological polar surface area (TPSA) is 99.7 Å². The van der Waals surface area contributed by atoms with Crippen LogP contribution in [0.15, 0.2) is 91.4 Å². The third-order valence-corrected chi connectivity index (χ3v) is 18.6. The second-order valence-electron chi connectivity index (χ2n) is 22.5. The summed E-state index contributed by atoms with van der Waals surface area (Å²) in [6.45, 7) is 20.2. The molecule has 5 fully saturated rings. The number of carbonyl (C=O) groups excluding carboxylic acids is 2. The molecule has 0 radical (unpaired) electrons. The van der Waals surface area contributed by atoms with Crippen molar-refractivity contribution in [1.82, 2.24) is 24.9 Å². The number of allylic oxidation sites excluding steroid dienone is 1.